The number of hydrogen-bond acceptors (Lipinski definition) is 2. The lowest BCUT2D eigenvalue weighted by Crippen LogP contribution is -2.53. The van der Waals surface area contributed by atoms with Crippen molar-refractivity contribution in [3.63, 3.8) is 0 Å². The first-order valence-corrected chi connectivity index (χ1v) is 11.3. The third kappa shape index (κ3) is 3.72. The highest BCUT2D eigenvalue weighted by atomic mass is 19.4. The summed E-state index contributed by atoms with van der Waals surface area (Å²) in [6.45, 7) is 6.44. The maximum atomic E-state index is 13.6. The van der Waals surface area contributed by atoms with Gasteiger partial charge in [-0.25, -0.2) is 0 Å². The number of benzene rings is 2. The molecule has 0 saturated carbocycles. The number of ether oxygens (including phenoxy) is 1. The molecule has 0 saturated heterocycles. The number of alkyl halides is 3. The summed E-state index contributed by atoms with van der Waals surface area (Å²) in [4.78, 5) is 0. The number of fused-ring (bicyclic) bond motifs is 4. The fourth-order valence-electron chi connectivity index (χ4n) is 5.97. The number of nitrogens with one attached hydrogen (secondary N) is 1. The molecule has 0 amide bonds. The minimum absolute atomic E-state index is 0.0793. The summed E-state index contributed by atoms with van der Waals surface area (Å²) in [6.07, 6.45) is 2.86. The quantitative estimate of drug-likeness (QED) is 0.514. The molecule has 3 atom stereocenters. The standard InChI is InChI=1S/C28H28F3NO/c1-16-15-27(2,3)32-22-12-11-20-25-18(8-6-10-23(25)33-4)14-21(26(20)24(16)22)17-7-5-9-19(13-17)28(29,30)31/h5-13,15,21-22,24,32H,14H2,1-4H3. The topological polar surface area (TPSA) is 21.3 Å². The van der Waals surface area contributed by atoms with Gasteiger partial charge in [0.2, 0.25) is 0 Å². The second-order valence-corrected chi connectivity index (χ2v) is 9.86. The summed E-state index contributed by atoms with van der Waals surface area (Å²) >= 11 is 0. The SMILES string of the molecule is COc1cccc2c1C1=C(C(c3cccc(C(F)(F)F)c3)C2)C2C(C)=CC(C)(C)NC2C=C1. The third-order valence-corrected chi connectivity index (χ3v) is 7.11. The van der Waals surface area contributed by atoms with Crippen molar-refractivity contribution < 1.29 is 17.9 Å². The lowest BCUT2D eigenvalue weighted by atomic mass is 9.64. The minimum Gasteiger partial charge on any atom is -0.496 e. The van der Waals surface area contributed by atoms with Crippen molar-refractivity contribution in [2.45, 2.75) is 50.9 Å². The molecule has 172 valence electrons. The molecule has 0 aromatic heterocycles. The van der Waals surface area contributed by atoms with Gasteiger partial charge in [-0.2, -0.15) is 13.2 Å². The van der Waals surface area contributed by atoms with Crippen LogP contribution in [-0.4, -0.2) is 18.7 Å². The van der Waals surface area contributed by atoms with Crippen molar-refractivity contribution in [3.8, 4) is 5.75 Å². The number of allylic oxidation sites excluding steroid dienone is 2. The summed E-state index contributed by atoms with van der Waals surface area (Å²) in [7, 11) is 1.67. The maximum absolute atomic E-state index is 13.6. The van der Waals surface area contributed by atoms with Crippen LogP contribution in [0.1, 0.15) is 48.9 Å². The molecule has 1 aliphatic heterocycles. The normalized spacial score (nSPS) is 25.7. The molecule has 0 fully saturated rings. The van der Waals surface area contributed by atoms with E-state index in [9.17, 15) is 13.2 Å². The van der Waals surface area contributed by atoms with E-state index in [0.29, 0.717) is 12.0 Å². The Morgan fingerprint density at radius 2 is 1.85 bits per heavy atom. The second kappa shape index (κ2) is 7.63. The van der Waals surface area contributed by atoms with Crippen LogP contribution in [0.15, 0.2) is 71.8 Å². The number of hydrogen-bond donors (Lipinski definition) is 1. The second-order valence-electron chi connectivity index (χ2n) is 9.86. The highest BCUT2D eigenvalue weighted by molar-refractivity contribution is 5.87. The van der Waals surface area contributed by atoms with Crippen LogP contribution in [0, 0.1) is 5.92 Å². The van der Waals surface area contributed by atoms with Gasteiger partial charge in [-0.05, 0) is 61.6 Å². The lowest BCUT2D eigenvalue weighted by molar-refractivity contribution is -0.137. The summed E-state index contributed by atoms with van der Waals surface area (Å²) in [5.41, 5.74) is 5.62. The van der Waals surface area contributed by atoms with Crippen LogP contribution in [0.4, 0.5) is 13.2 Å². The van der Waals surface area contributed by atoms with E-state index in [0.717, 1.165) is 28.5 Å². The average Bonchev–Trinajstić information content (AvgIpc) is 2.76. The third-order valence-electron chi connectivity index (χ3n) is 7.11. The van der Waals surface area contributed by atoms with Gasteiger partial charge in [0.05, 0.1) is 12.7 Å². The largest absolute Gasteiger partial charge is 0.496 e. The van der Waals surface area contributed by atoms with Crippen LogP contribution in [-0.2, 0) is 12.6 Å². The molecule has 3 aliphatic rings. The number of methoxy groups -OCH3 is 1. The number of rotatable bonds is 2. The molecule has 2 aliphatic carbocycles. The van der Waals surface area contributed by atoms with Gasteiger partial charge in [0.1, 0.15) is 5.75 Å². The van der Waals surface area contributed by atoms with Crippen LogP contribution >= 0.6 is 0 Å². The van der Waals surface area contributed by atoms with Gasteiger partial charge in [-0.15, -0.1) is 0 Å². The first-order chi connectivity index (χ1) is 15.6. The van der Waals surface area contributed by atoms with Crippen molar-refractivity contribution >= 4 is 5.57 Å². The van der Waals surface area contributed by atoms with E-state index < -0.39 is 11.7 Å². The fourth-order valence-corrected chi connectivity index (χ4v) is 5.97. The van der Waals surface area contributed by atoms with Crippen LogP contribution < -0.4 is 10.1 Å². The van der Waals surface area contributed by atoms with Gasteiger partial charge in [0, 0.05) is 29.0 Å². The van der Waals surface area contributed by atoms with E-state index in [1.54, 1.807) is 7.11 Å². The van der Waals surface area contributed by atoms with Crippen molar-refractivity contribution in [3.05, 3.63) is 94.1 Å². The molecule has 2 aromatic rings. The minimum atomic E-state index is -4.37. The Morgan fingerprint density at radius 1 is 1.09 bits per heavy atom. The zero-order valence-electron chi connectivity index (χ0n) is 19.3. The Balaban J connectivity index is 1.75. The Bertz CT molecular complexity index is 1200. The molecule has 1 heterocycles. The molecule has 0 radical (unpaired) electrons. The van der Waals surface area contributed by atoms with E-state index in [4.69, 9.17) is 4.74 Å². The highest BCUT2D eigenvalue weighted by Crippen LogP contribution is 2.52. The molecule has 0 bridgehead atoms. The van der Waals surface area contributed by atoms with Gasteiger partial charge in [-0.1, -0.05) is 54.1 Å². The zero-order valence-corrected chi connectivity index (χ0v) is 19.3. The Labute approximate surface area is 192 Å². The molecule has 2 aromatic carbocycles. The molecule has 5 heteroatoms. The van der Waals surface area contributed by atoms with Gasteiger partial charge in [0.25, 0.3) is 0 Å². The van der Waals surface area contributed by atoms with Crippen molar-refractivity contribution in [1.29, 1.82) is 0 Å². The fraction of sp³-hybridized carbons (Fsp3) is 0.357. The smallest absolute Gasteiger partial charge is 0.416 e. The molecule has 2 nitrogen and oxygen atoms in total. The number of halogens is 3. The van der Waals surface area contributed by atoms with Crippen molar-refractivity contribution in [1.82, 2.24) is 5.32 Å². The molecule has 33 heavy (non-hydrogen) atoms. The van der Waals surface area contributed by atoms with Crippen LogP contribution in [0.5, 0.6) is 5.75 Å². The molecular weight excluding hydrogens is 423 g/mol. The van der Waals surface area contributed by atoms with E-state index in [2.05, 4.69) is 50.4 Å². The summed E-state index contributed by atoms with van der Waals surface area (Å²) in [5, 5.41) is 3.71. The average molecular weight is 452 g/mol. The summed E-state index contributed by atoms with van der Waals surface area (Å²) in [5.74, 6) is 0.734. The zero-order chi connectivity index (χ0) is 23.5. The Morgan fingerprint density at radius 3 is 2.58 bits per heavy atom. The molecule has 0 spiro atoms. The first kappa shape index (κ1) is 22.0. The van der Waals surface area contributed by atoms with Crippen molar-refractivity contribution in [2.24, 2.45) is 5.92 Å². The predicted octanol–water partition coefficient (Wildman–Crippen LogP) is 6.69. The highest BCUT2D eigenvalue weighted by Gasteiger charge is 2.43. The van der Waals surface area contributed by atoms with E-state index in [1.165, 1.54) is 23.3 Å². The van der Waals surface area contributed by atoms with E-state index in [-0.39, 0.29) is 23.4 Å². The van der Waals surface area contributed by atoms with Crippen LogP contribution in [0.3, 0.4) is 0 Å². The van der Waals surface area contributed by atoms with Crippen molar-refractivity contribution in [2.75, 3.05) is 7.11 Å². The lowest BCUT2D eigenvalue weighted by Gasteiger charge is -2.46. The summed E-state index contributed by atoms with van der Waals surface area (Å²) < 4.78 is 46.4. The first-order valence-electron chi connectivity index (χ1n) is 11.3. The van der Waals surface area contributed by atoms with Crippen LogP contribution in [0.2, 0.25) is 0 Å². The predicted molar refractivity (Wildman–Crippen MR) is 125 cm³/mol. The van der Waals surface area contributed by atoms with E-state index in [1.807, 2.05) is 18.2 Å². The molecule has 1 N–H and O–H groups in total. The van der Waals surface area contributed by atoms with Gasteiger partial charge in [-0.3, -0.25) is 0 Å². The molecule has 5 rings (SSSR count). The van der Waals surface area contributed by atoms with Gasteiger partial charge in [0.15, 0.2) is 0 Å². The molecular formula is C28H28F3NO. The Kier molecular flexibility index (Phi) is 5.09. The van der Waals surface area contributed by atoms with E-state index >= 15 is 0 Å². The maximum Gasteiger partial charge on any atom is 0.416 e. The molecule has 3 unspecified atom stereocenters. The van der Waals surface area contributed by atoms with Gasteiger partial charge < -0.3 is 10.1 Å². The summed E-state index contributed by atoms with van der Waals surface area (Å²) in [6, 6.07) is 11.9. The monoisotopic (exact) mass is 451 g/mol. The Hall–Kier alpha value is -2.79. The van der Waals surface area contributed by atoms with Crippen LogP contribution in [0.25, 0.3) is 5.57 Å². The van der Waals surface area contributed by atoms with Gasteiger partial charge >= 0.3 is 6.18 Å².